The molecule has 0 saturated carbocycles. The maximum atomic E-state index is 12.3. The summed E-state index contributed by atoms with van der Waals surface area (Å²) in [7, 11) is 0. The molecule has 1 aromatic heterocycles. The first-order chi connectivity index (χ1) is 10.7. The van der Waals surface area contributed by atoms with Crippen molar-refractivity contribution in [3.63, 3.8) is 0 Å². The van der Waals surface area contributed by atoms with Gasteiger partial charge in [0.15, 0.2) is 0 Å². The molecular weight excluding hydrogens is 296 g/mol. The van der Waals surface area contributed by atoms with Crippen LogP contribution < -0.4 is 5.73 Å². The summed E-state index contributed by atoms with van der Waals surface area (Å²) in [6.45, 7) is 3.50. The number of nitrogens with zero attached hydrogens (tertiary/aromatic N) is 2. The van der Waals surface area contributed by atoms with E-state index in [0.717, 1.165) is 36.2 Å². The van der Waals surface area contributed by atoms with Crippen LogP contribution in [0.2, 0.25) is 0 Å². The average molecular weight is 318 g/mol. The van der Waals surface area contributed by atoms with Crippen molar-refractivity contribution in [1.29, 1.82) is 0 Å². The van der Waals surface area contributed by atoms with E-state index in [1.54, 1.807) is 11.8 Å². The molecule has 1 fully saturated rings. The zero-order chi connectivity index (χ0) is 15.5. The van der Waals surface area contributed by atoms with Crippen LogP contribution in [0, 0.1) is 0 Å². The number of hydrogen-bond acceptors (Lipinski definition) is 4. The summed E-state index contributed by atoms with van der Waals surface area (Å²) in [4.78, 5) is 22.2. The number of para-hydroxylation sites is 2. The predicted octanol–water partition coefficient (Wildman–Crippen LogP) is 2.31. The molecule has 0 spiro atoms. The third-order valence-corrected chi connectivity index (χ3v) is 5.36. The molecule has 0 radical (unpaired) electrons. The first kappa shape index (κ1) is 15.4. The summed E-state index contributed by atoms with van der Waals surface area (Å²) >= 11 is 1.63. The SMILES string of the molecule is CC(SCC(=O)N1CCCC1CN)c1nc2ccccc2[nH]1. The summed E-state index contributed by atoms with van der Waals surface area (Å²) in [6, 6.07) is 8.22. The minimum atomic E-state index is 0.162. The lowest BCUT2D eigenvalue weighted by Crippen LogP contribution is -2.40. The normalized spacial score (nSPS) is 19.7. The highest BCUT2D eigenvalue weighted by Crippen LogP contribution is 2.28. The first-order valence-corrected chi connectivity index (χ1v) is 8.79. The van der Waals surface area contributed by atoms with Gasteiger partial charge < -0.3 is 15.6 Å². The summed E-state index contributed by atoms with van der Waals surface area (Å²) in [5.41, 5.74) is 7.75. The first-order valence-electron chi connectivity index (χ1n) is 7.75. The molecule has 1 amide bonds. The quantitative estimate of drug-likeness (QED) is 0.887. The van der Waals surface area contributed by atoms with Crippen LogP contribution in [-0.2, 0) is 4.79 Å². The van der Waals surface area contributed by atoms with Crippen molar-refractivity contribution in [2.45, 2.75) is 31.1 Å². The molecule has 3 N–H and O–H groups in total. The Hall–Kier alpha value is -1.53. The minimum Gasteiger partial charge on any atom is -0.341 e. The number of thioether (sulfide) groups is 1. The highest BCUT2D eigenvalue weighted by atomic mass is 32.2. The third-order valence-electron chi connectivity index (χ3n) is 4.22. The lowest BCUT2D eigenvalue weighted by molar-refractivity contribution is -0.128. The summed E-state index contributed by atoms with van der Waals surface area (Å²) in [6.07, 6.45) is 2.10. The van der Waals surface area contributed by atoms with Crippen LogP contribution in [0.5, 0.6) is 0 Å². The van der Waals surface area contributed by atoms with Crippen LogP contribution in [0.15, 0.2) is 24.3 Å². The van der Waals surface area contributed by atoms with Crippen molar-refractivity contribution >= 4 is 28.7 Å². The molecule has 1 aromatic carbocycles. The fourth-order valence-electron chi connectivity index (χ4n) is 2.93. The number of H-pyrrole nitrogens is 1. The largest absolute Gasteiger partial charge is 0.341 e. The van der Waals surface area contributed by atoms with Gasteiger partial charge in [-0.2, -0.15) is 0 Å². The molecule has 2 atom stereocenters. The second-order valence-electron chi connectivity index (χ2n) is 5.71. The van der Waals surface area contributed by atoms with Crippen LogP contribution in [0.25, 0.3) is 11.0 Å². The number of hydrogen-bond donors (Lipinski definition) is 2. The Morgan fingerprint density at radius 3 is 3.14 bits per heavy atom. The monoisotopic (exact) mass is 318 g/mol. The molecule has 6 heteroatoms. The molecule has 1 aliphatic heterocycles. The minimum absolute atomic E-state index is 0.162. The second kappa shape index (κ2) is 6.71. The van der Waals surface area contributed by atoms with Gasteiger partial charge in [0.2, 0.25) is 5.91 Å². The fourth-order valence-corrected chi connectivity index (χ4v) is 3.76. The van der Waals surface area contributed by atoms with E-state index in [1.165, 1.54) is 0 Å². The molecule has 5 nitrogen and oxygen atoms in total. The molecule has 0 bridgehead atoms. The van der Waals surface area contributed by atoms with Gasteiger partial charge in [-0.3, -0.25) is 4.79 Å². The Morgan fingerprint density at radius 1 is 1.55 bits per heavy atom. The third kappa shape index (κ3) is 3.13. The van der Waals surface area contributed by atoms with Gasteiger partial charge in [0.1, 0.15) is 5.82 Å². The Bertz CT molecular complexity index is 623. The van der Waals surface area contributed by atoms with E-state index in [9.17, 15) is 4.79 Å². The van der Waals surface area contributed by atoms with Crippen molar-refractivity contribution in [3.8, 4) is 0 Å². The van der Waals surface area contributed by atoms with Gasteiger partial charge in [-0.25, -0.2) is 4.98 Å². The predicted molar refractivity (Wildman–Crippen MR) is 90.8 cm³/mol. The topological polar surface area (TPSA) is 75.0 Å². The molecule has 3 rings (SSSR count). The molecule has 2 unspecified atom stereocenters. The van der Waals surface area contributed by atoms with Crippen LogP contribution in [-0.4, -0.2) is 45.7 Å². The smallest absolute Gasteiger partial charge is 0.232 e. The summed E-state index contributed by atoms with van der Waals surface area (Å²) in [5.74, 6) is 1.60. The number of amides is 1. The number of carbonyl (C=O) groups is 1. The zero-order valence-electron chi connectivity index (χ0n) is 12.8. The highest BCUT2D eigenvalue weighted by molar-refractivity contribution is 8.00. The van der Waals surface area contributed by atoms with Gasteiger partial charge in [-0.1, -0.05) is 12.1 Å². The molecule has 22 heavy (non-hydrogen) atoms. The van der Waals surface area contributed by atoms with Crippen LogP contribution >= 0.6 is 11.8 Å². The number of imidazole rings is 1. The molecule has 2 aromatic rings. The van der Waals surface area contributed by atoms with E-state index >= 15 is 0 Å². The van der Waals surface area contributed by atoms with Gasteiger partial charge in [0.05, 0.1) is 22.0 Å². The standard InChI is InChI=1S/C16H22N4OS/c1-11(16-18-13-6-2-3-7-14(13)19-16)22-10-15(21)20-8-4-5-12(20)9-17/h2-3,6-7,11-12H,4-5,8-10,17H2,1H3,(H,18,19). The number of carbonyl (C=O) groups excluding carboxylic acids is 1. The van der Waals surface area contributed by atoms with E-state index in [2.05, 4.69) is 16.9 Å². The van der Waals surface area contributed by atoms with Crippen LogP contribution in [0.4, 0.5) is 0 Å². The van der Waals surface area contributed by atoms with Crippen molar-refractivity contribution in [2.24, 2.45) is 5.73 Å². The van der Waals surface area contributed by atoms with Crippen molar-refractivity contribution in [3.05, 3.63) is 30.1 Å². The Balaban J connectivity index is 1.59. The highest BCUT2D eigenvalue weighted by Gasteiger charge is 2.27. The van der Waals surface area contributed by atoms with E-state index in [1.807, 2.05) is 29.2 Å². The van der Waals surface area contributed by atoms with Gasteiger partial charge in [0.25, 0.3) is 0 Å². The lowest BCUT2D eigenvalue weighted by Gasteiger charge is -2.23. The van der Waals surface area contributed by atoms with Gasteiger partial charge >= 0.3 is 0 Å². The molecule has 1 saturated heterocycles. The Kier molecular flexibility index (Phi) is 4.69. The van der Waals surface area contributed by atoms with E-state index < -0.39 is 0 Å². The molecule has 0 aliphatic carbocycles. The number of nitrogens with two attached hydrogens (primary N) is 1. The summed E-state index contributed by atoms with van der Waals surface area (Å²) < 4.78 is 0. The number of nitrogens with one attached hydrogen (secondary N) is 1. The number of benzene rings is 1. The molecule has 1 aliphatic rings. The second-order valence-corrected chi connectivity index (χ2v) is 7.04. The zero-order valence-corrected chi connectivity index (χ0v) is 13.6. The van der Waals surface area contributed by atoms with Crippen LogP contribution in [0.3, 0.4) is 0 Å². The number of rotatable bonds is 5. The van der Waals surface area contributed by atoms with Crippen LogP contribution in [0.1, 0.15) is 30.8 Å². The van der Waals surface area contributed by atoms with E-state index in [-0.39, 0.29) is 17.2 Å². The molecule has 118 valence electrons. The van der Waals surface area contributed by atoms with E-state index in [0.29, 0.717) is 12.3 Å². The van der Waals surface area contributed by atoms with Gasteiger partial charge in [-0.05, 0) is 31.9 Å². The number of aromatic amines is 1. The number of fused-ring (bicyclic) bond motifs is 1. The molecular formula is C16H22N4OS. The Morgan fingerprint density at radius 2 is 2.36 bits per heavy atom. The number of aromatic nitrogens is 2. The fraction of sp³-hybridized carbons (Fsp3) is 0.500. The maximum Gasteiger partial charge on any atom is 0.232 e. The van der Waals surface area contributed by atoms with Gasteiger partial charge in [-0.15, -0.1) is 11.8 Å². The van der Waals surface area contributed by atoms with Crippen molar-refractivity contribution in [2.75, 3.05) is 18.8 Å². The van der Waals surface area contributed by atoms with E-state index in [4.69, 9.17) is 5.73 Å². The van der Waals surface area contributed by atoms with Crippen molar-refractivity contribution < 1.29 is 4.79 Å². The Labute approximate surface area is 134 Å². The lowest BCUT2D eigenvalue weighted by atomic mass is 10.2. The number of likely N-dealkylation sites (tertiary alicyclic amines) is 1. The van der Waals surface area contributed by atoms with Crippen molar-refractivity contribution in [1.82, 2.24) is 14.9 Å². The van der Waals surface area contributed by atoms with Gasteiger partial charge in [0, 0.05) is 19.1 Å². The summed E-state index contributed by atoms with van der Waals surface area (Å²) in [5, 5.41) is 0.162. The maximum absolute atomic E-state index is 12.3. The average Bonchev–Trinajstić information content (AvgIpc) is 3.17. The molecule has 2 heterocycles.